The van der Waals surface area contributed by atoms with E-state index in [2.05, 4.69) is 16.7 Å². The number of halogens is 1. The number of allylic oxidation sites excluding steroid dienone is 1. The Balaban J connectivity index is 1.34. The smallest absolute Gasteiger partial charge is 0.232 e. The van der Waals surface area contributed by atoms with Crippen LogP contribution in [0, 0.1) is 12.7 Å². The lowest BCUT2D eigenvalue weighted by Crippen LogP contribution is -2.46. The minimum absolute atomic E-state index is 0.142. The number of Topliss-reactive ketones (excluding diaryl/α,β-unsaturated/α-hetero) is 1. The maximum absolute atomic E-state index is 13.3. The second kappa shape index (κ2) is 9.55. The number of hydrogen-bond acceptors (Lipinski definition) is 5. The van der Waals surface area contributed by atoms with E-state index in [9.17, 15) is 14.3 Å². The Morgan fingerprint density at radius 3 is 2.37 bits per heavy atom. The van der Waals surface area contributed by atoms with Gasteiger partial charge in [-0.2, -0.15) is 0 Å². The van der Waals surface area contributed by atoms with Crippen molar-refractivity contribution < 1.29 is 19.0 Å². The Kier molecular flexibility index (Phi) is 6.31. The van der Waals surface area contributed by atoms with E-state index in [4.69, 9.17) is 4.74 Å². The first-order valence-electron chi connectivity index (χ1n) is 12.0. The van der Waals surface area contributed by atoms with E-state index >= 15 is 0 Å². The number of nitrogens with zero attached hydrogens (tertiary/aromatic N) is 2. The number of ether oxygens (including phenoxy) is 1. The van der Waals surface area contributed by atoms with E-state index in [1.807, 2.05) is 31.2 Å². The summed E-state index contributed by atoms with van der Waals surface area (Å²) in [6, 6.07) is 16.3. The van der Waals surface area contributed by atoms with Gasteiger partial charge in [0.25, 0.3) is 0 Å². The molecule has 0 aromatic heterocycles. The van der Waals surface area contributed by atoms with Gasteiger partial charge in [0.15, 0.2) is 5.76 Å². The number of rotatable bonds is 5. The lowest BCUT2D eigenvalue weighted by molar-refractivity contribution is 0.101. The Hall–Kier alpha value is -3.64. The topological polar surface area (TPSA) is 53.0 Å². The Labute approximate surface area is 205 Å². The molecule has 2 heterocycles. The molecule has 35 heavy (non-hydrogen) atoms. The van der Waals surface area contributed by atoms with Crippen LogP contribution in [0.5, 0.6) is 11.5 Å². The maximum atomic E-state index is 13.3. The Bertz CT molecular complexity index is 1270. The van der Waals surface area contributed by atoms with Crippen LogP contribution in [0.4, 0.5) is 10.1 Å². The van der Waals surface area contributed by atoms with Crippen molar-refractivity contribution in [3.05, 3.63) is 94.0 Å². The Morgan fingerprint density at radius 1 is 1.03 bits per heavy atom. The van der Waals surface area contributed by atoms with Gasteiger partial charge in [-0.3, -0.25) is 9.69 Å². The van der Waals surface area contributed by atoms with Crippen molar-refractivity contribution in [2.24, 2.45) is 0 Å². The number of aryl methyl sites for hydroxylation is 2. The summed E-state index contributed by atoms with van der Waals surface area (Å²) in [5.74, 6) is 0.491. The molecule has 180 valence electrons. The molecule has 2 aliphatic heterocycles. The van der Waals surface area contributed by atoms with E-state index < -0.39 is 0 Å². The van der Waals surface area contributed by atoms with Gasteiger partial charge in [-0.25, -0.2) is 4.39 Å². The van der Waals surface area contributed by atoms with Crippen LogP contribution in [0.15, 0.2) is 60.4 Å². The molecule has 5 rings (SSSR count). The summed E-state index contributed by atoms with van der Waals surface area (Å²) in [7, 11) is 0. The third-order valence-corrected chi connectivity index (χ3v) is 6.85. The molecule has 6 heteroatoms. The molecule has 0 spiro atoms. The van der Waals surface area contributed by atoms with Gasteiger partial charge in [-0.15, -0.1) is 0 Å². The van der Waals surface area contributed by atoms with Gasteiger partial charge in [0.2, 0.25) is 5.78 Å². The highest BCUT2D eigenvalue weighted by molar-refractivity contribution is 6.15. The monoisotopic (exact) mass is 472 g/mol. The quantitative estimate of drug-likeness (QED) is 0.508. The van der Waals surface area contributed by atoms with Gasteiger partial charge in [-0.1, -0.05) is 31.2 Å². The third-order valence-electron chi connectivity index (χ3n) is 6.85. The molecule has 5 nitrogen and oxygen atoms in total. The molecule has 0 radical (unpaired) electrons. The van der Waals surface area contributed by atoms with E-state index in [-0.39, 0.29) is 23.1 Å². The normalized spacial score (nSPS) is 17.1. The van der Waals surface area contributed by atoms with Crippen LogP contribution < -0.4 is 9.64 Å². The molecule has 0 unspecified atom stereocenters. The van der Waals surface area contributed by atoms with Crippen LogP contribution in [0.1, 0.15) is 39.5 Å². The molecule has 1 saturated heterocycles. The van der Waals surface area contributed by atoms with Crippen LogP contribution in [0.25, 0.3) is 6.08 Å². The summed E-state index contributed by atoms with van der Waals surface area (Å²) in [5, 5.41) is 10.8. The van der Waals surface area contributed by atoms with Crippen molar-refractivity contribution >= 4 is 17.5 Å². The number of fused-ring (bicyclic) bond motifs is 1. The molecule has 0 atom stereocenters. The lowest BCUT2D eigenvalue weighted by atomic mass is 9.99. The lowest BCUT2D eigenvalue weighted by Gasteiger charge is -2.36. The van der Waals surface area contributed by atoms with E-state index in [1.165, 1.54) is 17.7 Å². The van der Waals surface area contributed by atoms with Crippen LogP contribution in [0.2, 0.25) is 0 Å². The second-order valence-corrected chi connectivity index (χ2v) is 9.17. The average Bonchev–Trinajstić information content (AvgIpc) is 3.19. The molecular weight excluding hydrogens is 443 g/mol. The standard InChI is InChI=1S/C29H29FN2O3/c1-3-20-4-6-21(7-5-20)17-26-28(34)27-19(2)16-25(33)24(29(27)35-26)18-31-12-14-32(15-13-31)23-10-8-22(30)9-11-23/h4-11,16-17,33H,3,12-15,18H2,1-2H3/b26-17-. The first kappa shape index (κ1) is 23.1. The number of aromatic hydroxyl groups is 1. The Morgan fingerprint density at radius 2 is 1.71 bits per heavy atom. The molecule has 0 amide bonds. The van der Waals surface area contributed by atoms with Crippen molar-refractivity contribution in [3.8, 4) is 11.5 Å². The number of piperazine rings is 1. The van der Waals surface area contributed by atoms with E-state index in [0.717, 1.165) is 43.9 Å². The van der Waals surface area contributed by atoms with Crippen molar-refractivity contribution in [2.75, 3.05) is 31.1 Å². The first-order chi connectivity index (χ1) is 16.9. The molecule has 1 fully saturated rings. The third kappa shape index (κ3) is 4.66. The number of anilines is 1. The first-order valence-corrected chi connectivity index (χ1v) is 12.0. The highest BCUT2D eigenvalue weighted by atomic mass is 19.1. The summed E-state index contributed by atoms with van der Waals surface area (Å²) in [4.78, 5) is 17.7. The number of benzene rings is 3. The fourth-order valence-electron chi connectivity index (χ4n) is 4.77. The number of phenols is 1. The van der Waals surface area contributed by atoms with E-state index in [0.29, 0.717) is 29.0 Å². The van der Waals surface area contributed by atoms with Crippen LogP contribution in [0.3, 0.4) is 0 Å². The van der Waals surface area contributed by atoms with Crippen molar-refractivity contribution in [1.29, 1.82) is 0 Å². The minimum Gasteiger partial charge on any atom is -0.507 e. The second-order valence-electron chi connectivity index (χ2n) is 9.17. The maximum Gasteiger partial charge on any atom is 0.232 e. The molecular formula is C29H29FN2O3. The van der Waals surface area contributed by atoms with Gasteiger partial charge < -0.3 is 14.7 Å². The molecule has 0 aliphatic carbocycles. The zero-order valence-corrected chi connectivity index (χ0v) is 20.1. The summed E-state index contributed by atoms with van der Waals surface area (Å²) in [6.07, 6.45) is 2.72. The number of phenolic OH excluding ortho intramolecular Hbond substituents is 1. The SMILES string of the molecule is CCc1ccc(/C=C2\Oc3c(CN4CCN(c5ccc(F)cc5)CC4)c(O)cc(C)c3C2=O)cc1. The number of ketones is 1. The zero-order valence-electron chi connectivity index (χ0n) is 20.1. The fourth-order valence-corrected chi connectivity index (χ4v) is 4.77. The molecule has 1 N–H and O–H groups in total. The molecule has 0 bridgehead atoms. The number of hydrogen-bond donors (Lipinski definition) is 1. The van der Waals surface area contributed by atoms with Crippen LogP contribution >= 0.6 is 0 Å². The fraction of sp³-hybridized carbons (Fsp3) is 0.276. The zero-order chi connectivity index (χ0) is 24.5. The largest absolute Gasteiger partial charge is 0.507 e. The predicted octanol–water partition coefficient (Wildman–Crippen LogP) is 5.34. The van der Waals surface area contributed by atoms with Crippen LogP contribution in [-0.2, 0) is 13.0 Å². The van der Waals surface area contributed by atoms with Gasteiger partial charge in [0, 0.05) is 38.4 Å². The highest BCUT2D eigenvalue weighted by Gasteiger charge is 2.34. The van der Waals surface area contributed by atoms with Gasteiger partial charge in [-0.05, 0) is 66.4 Å². The van der Waals surface area contributed by atoms with Crippen molar-refractivity contribution in [2.45, 2.75) is 26.8 Å². The molecule has 0 saturated carbocycles. The summed E-state index contributed by atoms with van der Waals surface area (Å²) in [5.41, 5.74) is 5.01. The van der Waals surface area contributed by atoms with Gasteiger partial charge in [0.05, 0.1) is 11.1 Å². The predicted molar refractivity (Wildman–Crippen MR) is 135 cm³/mol. The summed E-state index contributed by atoms with van der Waals surface area (Å²) in [6.45, 7) is 7.55. The van der Waals surface area contributed by atoms with Gasteiger partial charge >= 0.3 is 0 Å². The summed E-state index contributed by atoms with van der Waals surface area (Å²) < 4.78 is 19.3. The highest BCUT2D eigenvalue weighted by Crippen LogP contribution is 2.42. The minimum atomic E-state index is -0.239. The molecule has 3 aromatic carbocycles. The number of carbonyl (C=O) groups is 1. The molecule has 3 aromatic rings. The van der Waals surface area contributed by atoms with E-state index in [1.54, 1.807) is 24.3 Å². The van der Waals surface area contributed by atoms with Crippen LogP contribution in [-0.4, -0.2) is 42.0 Å². The average molecular weight is 473 g/mol. The van der Waals surface area contributed by atoms with Crippen molar-refractivity contribution in [3.63, 3.8) is 0 Å². The molecule has 2 aliphatic rings. The summed E-state index contributed by atoms with van der Waals surface area (Å²) >= 11 is 0. The van der Waals surface area contributed by atoms with Gasteiger partial charge in [0.1, 0.15) is 17.3 Å². The van der Waals surface area contributed by atoms with Crippen molar-refractivity contribution in [1.82, 2.24) is 4.90 Å². The number of carbonyl (C=O) groups excluding carboxylic acids is 1.